The molecule has 0 aromatic carbocycles. The van der Waals surface area contributed by atoms with Gasteiger partial charge < -0.3 is 5.73 Å². The summed E-state index contributed by atoms with van der Waals surface area (Å²) in [4.78, 5) is 0. The van der Waals surface area contributed by atoms with E-state index >= 15 is 0 Å². The van der Waals surface area contributed by atoms with Gasteiger partial charge in [-0.25, -0.2) is 13.6 Å². The van der Waals surface area contributed by atoms with Gasteiger partial charge in [-0.3, -0.25) is 0 Å². The van der Waals surface area contributed by atoms with Crippen LogP contribution < -0.4 is 10.9 Å². The van der Waals surface area contributed by atoms with Crippen LogP contribution in [0.25, 0.3) is 0 Å². The van der Waals surface area contributed by atoms with Crippen molar-refractivity contribution >= 4 is 15.8 Å². The molecule has 6 nitrogen and oxygen atoms in total. The van der Waals surface area contributed by atoms with Gasteiger partial charge in [0.25, 0.3) is 10.0 Å². The van der Waals surface area contributed by atoms with E-state index in [1.54, 1.807) is 0 Å². The first-order valence-electron chi connectivity index (χ1n) is 2.62. The molecular weight excluding hydrogens is 168 g/mol. The third-order valence-corrected chi connectivity index (χ3v) is 1.75. The van der Waals surface area contributed by atoms with Crippen LogP contribution in [0.15, 0.2) is 17.2 Å². The van der Waals surface area contributed by atoms with Crippen molar-refractivity contribution in [2.24, 2.45) is 5.14 Å². The quantitative estimate of drug-likeness (QED) is 0.549. The molecule has 4 N–H and O–H groups in total. The van der Waals surface area contributed by atoms with Crippen LogP contribution >= 0.6 is 0 Å². The first-order chi connectivity index (χ1) is 5.00. The standard InChI is InChI=1S/C4H6N4O2S/c5-3-1-2-4(8-7-3)11(6,9)10/h1-2H,(H2,5,7)(H2,6,9,10). The van der Waals surface area contributed by atoms with Gasteiger partial charge in [-0.2, -0.15) is 0 Å². The number of anilines is 1. The molecule has 0 amide bonds. The first-order valence-corrected chi connectivity index (χ1v) is 4.17. The number of hydrogen-bond donors (Lipinski definition) is 2. The number of aromatic nitrogens is 2. The highest BCUT2D eigenvalue weighted by atomic mass is 32.2. The largest absolute Gasteiger partial charge is 0.382 e. The summed E-state index contributed by atoms with van der Waals surface area (Å²) >= 11 is 0. The molecule has 0 fully saturated rings. The maximum absolute atomic E-state index is 10.6. The Hall–Kier alpha value is -1.21. The summed E-state index contributed by atoms with van der Waals surface area (Å²) < 4.78 is 21.2. The molecule has 1 aromatic heterocycles. The highest BCUT2D eigenvalue weighted by Gasteiger charge is 2.08. The molecule has 0 saturated carbocycles. The predicted molar refractivity (Wildman–Crippen MR) is 37.8 cm³/mol. The van der Waals surface area contributed by atoms with Gasteiger partial charge in [0.05, 0.1) is 0 Å². The van der Waals surface area contributed by atoms with Crippen molar-refractivity contribution in [3.8, 4) is 0 Å². The SMILES string of the molecule is Nc1ccc(S(N)(=O)=O)nn1. The molecule has 0 radical (unpaired) electrons. The molecular formula is C4H6N4O2S. The van der Waals surface area contributed by atoms with Crippen LogP contribution in [-0.4, -0.2) is 18.6 Å². The zero-order valence-electron chi connectivity index (χ0n) is 5.43. The van der Waals surface area contributed by atoms with Gasteiger partial charge in [-0.1, -0.05) is 0 Å². The second kappa shape index (κ2) is 2.44. The molecule has 0 atom stereocenters. The fourth-order valence-electron chi connectivity index (χ4n) is 0.482. The molecule has 0 bridgehead atoms. The minimum Gasteiger partial charge on any atom is -0.382 e. The van der Waals surface area contributed by atoms with Gasteiger partial charge in [-0.05, 0) is 12.1 Å². The van der Waals surface area contributed by atoms with Crippen molar-refractivity contribution < 1.29 is 8.42 Å². The molecule has 0 aliphatic heterocycles. The van der Waals surface area contributed by atoms with Crippen molar-refractivity contribution in [1.82, 2.24) is 10.2 Å². The van der Waals surface area contributed by atoms with Gasteiger partial charge in [0, 0.05) is 0 Å². The zero-order valence-corrected chi connectivity index (χ0v) is 6.25. The van der Waals surface area contributed by atoms with Crippen LogP contribution in [0.3, 0.4) is 0 Å². The van der Waals surface area contributed by atoms with E-state index in [0.717, 1.165) is 0 Å². The Bertz CT molecular complexity index is 343. The van der Waals surface area contributed by atoms with Crippen molar-refractivity contribution in [2.75, 3.05) is 5.73 Å². The molecule has 7 heteroatoms. The summed E-state index contributed by atoms with van der Waals surface area (Å²) in [6.45, 7) is 0. The van der Waals surface area contributed by atoms with E-state index in [1.807, 2.05) is 0 Å². The normalized spacial score (nSPS) is 11.4. The van der Waals surface area contributed by atoms with Crippen molar-refractivity contribution in [1.29, 1.82) is 0 Å². The Morgan fingerprint density at radius 1 is 1.27 bits per heavy atom. The van der Waals surface area contributed by atoms with Gasteiger partial charge in [0.2, 0.25) is 0 Å². The lowest BCUT2D eigenvalue weighted by Gasteiger charge is -1.94. The Morgan fingerprint density at radius 3 is 2.27 bits per heavy atom. The van der Waals surface area contributed by atoms with Gasteiger partial charge in [-0.15, -0.1) is 10.2 Å². The molecule has 11 heavy (non-hydrogen) atoms. The lowest BCUT2D eigenvalue weighted by molar-refractivity contribution is 0.592. The highest BCUT2D eigenvalue weighted by molar-refractivity contribution is 7.89. The number of nitrogens with zero attached hydrogens (tertiary/aromatic N) is 2. The van der Waals surface area contributed by atoms with Crippen LogP contribution in [0.5, 0.6) is 0 Å². The second-order valence-electron chi connectivity index (χ2n) is 1.84. The Labute approximate surface area is 63.3 Å². The Morgan fingerprint density at radius 2 is 1.91 bits per heavy atom. The molecule has 1 heterocycles. The molecule has 0 aliphatic carbocycles. The molecule has 0 spiro atoms. The first kappa shape index (κ1) is 7.89. The van der Waals surface area contributed by atoms with E-state index in [0.29, 0.717) is 0 Å². The fourth-order valence-corrected chi connectivity index (χ4v) is 0.894. The summed E-state index contributed by atoms with van der Waals surface area (Å²) in [7, 11) is -3.75. The number of sulfonamides is 1. The lowest BCUT2D eigenvalue weighted by atomic mass is 10.5. The summed E-state index contributed by atoms with van der Waals surface area (Å²) in [6, 6.07) is 2.50. The van der Waals surface area contributed by atoms with Crippen LogP contribution in [-0.2, 0) is 10.0 Å². The highest BCUT2D eigenvalue weighted by Crippen LogP contribution is 2.01. The third kappa shape index (κ3) is 1.85. The van der Waals surface area contributed by atoms with Gasteiger partial charge in [0.1, 0.15) is 5.82 Å². The maximum atomic E-state index is 10.6. The van der Waals surface area contributed by atoms with Crippen molar-refractivity contribution in [3.05, 3.63) is 12.1 Å². The average Bonchev–Trinajstić information content (AvgIpc) is 1.86. The van der Waals surface area contributed by atoms with E-state index in [1.165, 1.54) is 12.1 Å². The Kier molecular flexibility index (Phi) is 1.75. The smallest absolute Gasteiger partial charge is 0.257 e. The number of nitrogens with two attached hydrogens (primary N) is 2. The van der Waals surface area contributed by atoms with E-state index in [2.05, 4.69) is 10.2 Å². The average molecular weight is 174 g/mol. The van der Waals surface area contributed by atoms with Gasteiger partial charge in [0.15, 0.2) is 5.03 Å². The predicted octanol–water partition coefficient (Wildman–Crippen LogP) is -1.29. The minimum absolute atomic E-state index is 0.150. The zero-order chi connectivity index (χ0) is 8.48. The molecule has 1 rings (SSSR count). The number of nitrogen functional groups attached to an aromatic ring is 1. The number of primary sulfonamides is 1. The molecule has 0 aliphatic rings. The van der Waals surface area contributed by atoms with Crippen LogP contribution in [0, 0.1) is 0 Å². The number of rotatable bonds is 1. The molecule has 0 unspecified atom stereocenters. The van der Waals surface area contributed by atoms with E-state index in [4.69, 9.17) is 10.9 Å². The lowest BCUT2D eigenvalue weighted by Crippen LogP contribution is -2.14. The topological polar surface area (TPSA) is 112 Å². The Balaban J connectivity index is 3.20. The molecule has 1 aromatic rings. The summed E-state index contributed by atoms with van der Waals surface area (Å²) in [6.07, 6.45) is 0. The third-order valence-electron chi connectivity index (χ3n) is 0.952. The fraction of sp³-hybridized carbons (Fsp3) is 0. The summed E-state index contributed by atoms with van der Waals surface area (Å²) in [5.41, 5.74) is 5.16. The molecule has 0 saturated heterocycles. The van der Waals surface area contributed by atoms with E-state index in [9.17, 15) is 8.42 Å². The van der Waals surface area contributed by atoms with Gasteiger partial charge >= 0.3 is 0 Å². The van der Waals surface area contributed by atoms with Crippen LogP contribution in [0.2, 0.25) is 0 Å². The van der Waals surface area contributed by atoms with E-state index in [-0.39, 0.29) is 10.8 Å². The molecule has 60 valence electrons. The summed E-state index contributed by atoms with van der Waals surface area (Å²) in [5, 5.41) is 11.0. The summed E-state index contributed by atoms with van der Waals surface area (Å²) in [5.74, 6) is 0.150. The minimum atomic E-state index is -3.75. The second-order valence-corrected chi connectivity index (χ2v) is 3.35. The monoisotopic (exact) mass is 174 g/mol. The van der Waals surface area contributed by atoms with Crippen LogP contribution in [0.1, 0.15) is 0 Å². The number of hydrogen-bond acceptors (Lipinski definition) is 5. The maximum Gasteiger partial charge on any atom is 0.257 e. The van der Waals surface area contributed by atoms with Crippen LogP contribution in [0.4, 0.5) is 5.82 Å². The van der Waals surface area contributed by atoms with Crippen molar-refractivity contribution in [2.45, 2.75) is 5.03 Å². The van der Waals surface area contributed by atoms with Crippen molar-refractivity contribution in [3.63, 3.8) is 0 Å². The van der Waals surface area contributed by atoms with E-state index < -0.39 is 10.0 Å².